The van der Waals surface area contributed by atoms with Crippen LogP contribution in [0, 0.1) is 6.92 Å². The van der Waals surface area contributed by atoms with E-state index in [9.17, 15) is 13.2 Å². The van der Waals surface area contributed by atoms with Crippen LogP contribution in [0.4, 0.5) is 30.5 Å². The predicted octanol–water partition coefficient (Wildman–Crippen LogP) is 4.22. The fourth-order valence-corrected chi connectivity index (χ4v) is 1.88. The second-order valence-electron chi connectivity index (χ2n) is 4.74. The van der Waals surface area contributed by atoms with Gasteiger partial charge in [-0.05, 0) is 31.2 Å². The fraction of sp³-hybridized carbons (Fsp3) is 0.267. The third-order valence-corrected chi connectivity index (χ3v) is 3.16. The first-order chi connectivity index (χ1) is 9.81. The average Bonchev–Trinajstić information content (AvgIpc) is 2.46. The molecule has 0 radical (unpaired) electrons. The number of pyridine rings is 1. The summed E-state index contributed by atoms with van der Waals surface area (Å²) in [6.45, 7) is 1.95. The summed E-state index contributed by atoms with van der Waals surface area (Å²) >= 11 is 0. The zero-order chi connectivity index (χ0) is 15.6. The molecule has 0 aliphatic heterocycles. The van der Waals surface area contributed by atoms with Crippen LogP contribution in [0.3, 0.4) is 0 Å². The molecule has 0 aliphatic carbocycles. The van der Waals surface area contributed by atoms with E-state index >= 15 is 0 Å². The lowest BCUT2D eigenvalue weighted by Gasteiger charge is -2.21. The zero-order valence-electron chi connectivity index (χ0n) is 12.0. The van der Waals surface area contributed by atoms with Crippen molar-refractivity contribution < 1.29 is 13.2 Å². The van der Waals surface area contributed by atoms with Crippen LogP contribution < -0.4 is 10.2 Å². The van der Waals surface area contributed by atoms with Gasteiger partial charge in [-0.1, -0.05) is 17.7 Å². The molecule has 21 heavy (non-hydrogen) atoms. The number of hydrogen-bond acceptors (Lipinski definition) is 3. The van der Waals surface area contributed by atoms with Crippen molar-refractivity contribution in [3.05, 3.63) is 47.5 Å². The van der Waals surface area contributed by atoms with E-state index in [1.54, 1.807) is 11.9 Å². The summed E-state index contributed by atoms with van der Waals surface area (Å²) in [4.78, 5) is 5.80. The van der Waals surface area contributed by atoms with E-state index < -0.39 is 11.7 Å². The normalized spacial score (nSPS) is 11.3. The Morgan fingerprint density at radius 1 is 1.10 bits per heavy atom. The third kappa shape index (κ3) is 3.45. The summed E-state index contributed by atoms with van der Waals surface area (Å²) in [5.41, 5.74) is 1.13. The van der Waals surface area contributed by atoms with Crippen molar-refractivity contribution in [1.82, 2.24) is 4.98 Å². The van der Waals surface area contributed by atoms with E-state index in [1.165, 1.54) is 7.05 Å². The number of anilines is 3. The highest BCUT2D eigenvalue weighted by Crippen LogP contribution is 2.34. The van der Waals surface area contributed by atoms with Crippen LogP contribution >= 0.6 is 0 Å². The minimum atomic E-state index is -4.41. The van der Waals surface area contributed by atoms with Gasteiger partial charge in [0.15, 0.2) is 0 Å². The number of alkyl halides is 3. The lowest BCUT2D eigenvalue weighted by Crippen LogP contribution is -2.15. The molecule has 1 heterocycles. The Bertz CT molecular complexity index is 621. The molecular formula is C15H16F3N3. The maximum absolute atomic E-state index is 12.9. The van der Waals surface area contributed by atoms with Gasteiger partial charge in [-0.25, -0.2) is 4.98 Å². The molecule has 0 aliphatic rings. The lowest BCUT2D eigenvalue weighted by atomic mass is 10.2. The summed E-state index contributed by atoms with van der Waals surface area (Å²) in [5, 5.41) is 2.66. The number of rotatable bonds is 3. The van der Waals surface area contributed by atoms with Crippen LogP contribution in [0.5, 0.6) is 0 Å². The summed E-state index contributed by atoms with van der Waals surface area (Å²) in [6, 6.07) is 9.52. The van der Waals surface area contributed by atoms with Crippen molar-refractivity contribution in [2.24, 2.45) is 0 Å². The molecule has 1 aromatic heterocycles. The minimum absolute atomic E-state index is 0.179. The molecule has 1 N–H and O–H groups in total. The highest BCUT2D eigenvalue weighted by molar-refractivity contribution is 5.62. The number of aromatic nitrogens is 1. The van der Waals surface area contributed by atoms with E-state index in [4.69, 9.17) is 0 Å². The van der Waals surface area contributed by atoms with Crippen molar-refractivity contribution in [1.29, 1.82) is 0 Å². The second kappa shape index (κ2) is 5.63. The van der Waals surface area contributed by atoms with Crippen molar-refractivity contribution >= 4 is 17.3 Å². The van der Waals surface area contributed by atoms with Gasteiger partial charge >= 0.3 is 6.18 Å². The summed E-state index contributed by atoms with van der Waals surface area (Å²) in [7, 11) is 3.23. The number of nitrogens with zero attached hydrogens (tertiary/aromatic N) is 2. The van der Waals surface area contributed by atoms with Crippen LogP contribution in [0.2, 0.25) is 0 Å². The maximum Gasteiger partial charge on any atom is 0.416 e. The topological polar surface area (TPSA) is 28.2 Å². The Labute approximate surface area is 121 Å². The van der Waals surface area contributed by atoms with Gasteiger partial charge in [0.1, 0.15) is 11.6 Å². The standard InChI is InChI=1S/C15H16F3N3/c1-10-4-6-12(7-5-10)21(3)14-9-11(15(16,17)18)8-13(19-2)20-14/h4-9H,1-3H3,(H,19,20). The molecule has 0 spiro atoms. The molecule has 6 heteroatoms. The van der Waals surface area contributed by atoms with Gasteiger partial charge in [0.25, 0.3) is 0 Å². The van der Waals surface area contributed by atoms with E-state index in [-0.39, 0.29) is 11.6 Å². The Morgan fingerprint density at radius 2 is 1.71 bits per heavy atom. The van der Waals surface area contributed by atoms with E-state index in [0.29, 0.717) is 0 Å². The molecule has 0 saturated carbocycles. The molecular weight excluding hydrogens is 279 g/mol. The van der Waals surface area contributed by atoms with Crippen molar-refractivity contribution in [2.45, 2.75) is 13.1 Å². The molecule has 2 rings (SSSR count). The van der Waals surface area contributed by atoms with E-state index in [0.717, 1.165) is 23.4 Å². The van der Waals surface area contributed by atoms with Crippen LogP contribution in [-0.2, 0) is 6.18 Å². The van der Waals surface area contributed by atoms with E-state index in [1.807, 2.05) is 31.2 Å². The molecule has 0 unspecified atom stereocenters. The highest BCUT2D eigenvalue weighted by atomic mass is 19.4. The number of halogens is 3. The highest BCUT2D eigenvalue weighted by Gasteiger charge is 2.32. The Morgan fingerprint density at radius 3 is 2.24 bits per heavy atom. The predicted molar refractivity (Wildman–Crippen MR) is 78.0 cm³/mol. The van der Waals surface area contributed by atoms with E-state index in [2.05, 4.69) is 10.3 Å². The third-order valence-electron chi connectivity index (χ3n) is 3.16. The molecule has 0 saturated heterocycles. The smallest absolute Gasteiger partial charge is 0.373 e. The quantitative estimate of drug-likeness (QED) is 0.919. The van der Waals surface area contributed by atoms with Crippen LogP contribution in [0.25, 0.3) is 0 Å². The first-order valence-electron chi connectivity index (χ1n) is 6.38. The molecule has 0 atom stereocenters. The first-order valence-corrected chi connectivity index (χ1v) is 6.38. The second-order valence-corrected chi connectivity index (χ2v) is 4.74. The molecule has 1 aromatic carbocycles. The van der Waals surface area contributed by atoms with Gasteiger partial charge in [0.2, 0.25) is 0 Å². The van der Waals surface area contributed by atoms with Crippen molar-refractivity contribution in [3.8, 4) is 0 Å². The lowest BCUT2D eigenvalue weighted by molar-refractivity contribution is -0.137. The number of aryl methyl sites for hydroxylation is 1. The van der Waals surface area contributed by atoms with Crippen LogP contribution in [0.1, 0.15) is 11.1 Å². The number of hydrogen-bond donors (Lipinski definition) is 1. The van der Waals surface area contributed by atoms with Crippen LogP contribution in [0.15, 0.2) is 36.4 Å². The van der Waals surface area contributed by atoms with Gasteiger partial charge in [-0.15, -0.1) is 0 Å². The van der Waals surface area contributed by atoms with Crippen molar-refractivity contribution in [2.75, 3.05) is 24.3 Å². The van der Waals surface area contributed by atoms with Gasteiger partial charge < -0.3 is 10.2 Å². The largest absolute Gasteiger partial charge is 0.416 e. The Balaban J connectivity index is 2.45. The minimum Gasteiger partial charge on any atom is -0.373 e. The monoisotopic (exact) mass is 295 g/mol. The van der Waals surface area contributed by atoms with Crippen LogP contribution in [-0.4, -0.2) is 19.1 Å². The number of benzene rings is 1. The van der Waals surface area contributed by atoms with Gasteiger partial charge in [0, 0.05) is 19.8 Å². The fourth-order valence-electron chi connectivity index (χ4n) is 1.88. The average molecular weight is 295 g/mol. The zero-order valence-corrected chi connectivity index (χ0v) is 12.0. The summed E-state index contributed by atoms with van der Waals surface area (Å²) in [6.07, 6.45) is -4.41. The Kier molecular flexibility index (Phi) is 4.06. The van der Waals surface area contributed by atoms with Gasteiger partial charge in [-0.2, -0.15) is 13.2 Å². The Hall–Kier alpha value is -2.24. The first kappa shape index (κ1) is 15.2. The molecule has 2 aromatic rings. The molecule has 0 fully saturated rings. The molecule has 112 valence electrons. The number of nitrogens with one attached hydrogen (secondary N) is 1. The SMILES string of the molecule is CNc1cc(C(F)(F)F)cc(N(C)c2ccc(C)cc2)n1. The maximum atomic E-state index is 12.9. The van der Waals surface area contributed by atoms with Crippen molar-refractivity contribution in [3.63, 3.8) is 0 Å². The summed E-state index contributed by atoms with van der Waals surface area (Å²) in [5.74, 6) is 0.414. The molecule has 0 amide bonds. The van der Waals surface area contributed by atoms with Gasteiger partial charge in [-0.3, -0.25) is 0 Å². The molecule has 3 nitrogen and oxygen atoms in total. The molecule has 0 bridgehead atoms. The van der Waals surface area contributed by atoms with Gasteiger partial charge in [0.05, 0.1) is 5.56 Å². The summed E-state index contributed by atoms with van der Waals surface area (Å²) < 4.78 is 38.8.